The number of halogens is 1. The smallest absolute Gasteiger partial charge is 0.226 e. The van der Waals surface area contributed by atoms with E-state index in [2.05, 4.69) is 20.6 Å². The zero-order valence-electron chi connectivity index (χ0n) is 16.9. The zero-order chi connectivity index (χ0) is 21.4. The summed E-state index contributed by atoms with van der Waals surface area (Å²) >= 11 is 5.85. The first kappa shape index (κ1) is 20.0. The summed E-state index contributed by atoms with van der Waals surface area (Å²) in [4.78, 5) is 12.6. The molecule has 1 unspecified atom stereocenters. The van der Waals surface area contributed by atoms with Gasteiger partial charge in [0.15, 0.2) is 22.5 Å². The second-order valence-corrected chi connectivity index (χ2v) is 7.12. The number of nitrogens with zero attached hydrogens (tertiary/aromatic N) is 4. The van der Waals surface area contributed by atoms with Gasteiger partial charge in [-0.3, -0.25) is 4.79 Å². The van der Waals surface area contributed by atoms with Gasteiger partial charge in [-0.15, -0.1) is 10.2 Å². The Bertz CT molecular complexity index is 1090. The van der Waals surface area contributed by atoms with Crippen molar-refractivity contribution in [1.82, 2.24) is 20.0 Å². The fraction of sp³-hybridized carbons (Fsp3) is 0.300. The molecule has 0 spiro atoms. The van der Waals surface area contributed by atoms with E-state index in [9.17, 15) is 4.79 Å². The Morgan fingerprint density at radius 3 is 2.37 bits per heavy atom. The third-order valence-corrected chi connectivity index (χ3v) is 5.23. The minimum Gasteiger partial charge on any atom is -0.493 e. The standard InChI is InChI=1S/C20H20ClN5O4/c1-10-18-12(11-7-13(28-2)19(30-4)14(8-11)29-3)9-17(27)22-20(18)26(25-10)16-6-5-15(21)23-24-16/h5-8,12H,9H2,1-4H3,(H,22,27). The van der Waals surface area contributed by atoms with Crippen molar-refractivity contribution in [2.45, 2.75) is 19.3 Å². The van der Waals surface area contributed by atoms with Gasteiger partial charge in [0, 0.05) is 17.9 Å². The van der Waals surface area contributed by atoms with Crippen LogP contribution in [0.4, 0.5) is 5.82 Å². The molecule has 2 aromatic heterocycles. The van der Waals surface area contributed by atoms with Crippen LogP contribution in [-0.4, -0.2) is 47.2 Å². The number of ether oxygens (including phenoxy) is 3. The van der Waals surface area contributed by atoms with Gasteiger partial charge in [-0.2, -0.15) is 9.78 Å². The summed E-state index contributed by atoms with van der Waals surface area (Å²) in [5, 5.41) is 15.7. The monoisotopic (exact) mass is 429 g/mol. The average Bonchev–Trinajstić information content (AvgIpc) is 3.08. The van der Waals surface area contributed by atoms with Gasteiger partial charge in [-0.05, 0) is 36.8 Å². The van der Waals surface area contributed by atoms with Gasteiger partial charge in [0.1, 0.15) is 5.82 Å². The van der Waals surface area contributed by atoms with Crippen LogP contribution in [0.25, 0.3) is 5.82 Å². The first-order valence-electron chi connectivity index (χ1n) is 9.15. The fourth-order valence-corrected chi connectivity index (χ4v) is 3.82. The molecule has 1 aromatic carbocycles. The number of fused-ring (bicyclic) bond motifs is 1. The Morgan fingerprint density at radius 2 is 1.80 bits per heavy atom. The van der Waals surface area contributed by atoms with Gasteiger partial charge in [-0.25, -0.2) is 0 Å². The molecule has 3 aromatic rings. The van der Waals surface area contributed by atoms with Crippen molar-refractivity contribution in [3.63, 3.8) is 0 Å². The number of carbonyl (C=O) groups is 1. The van der Waals surface area contributed by atoms with Crippen molar-refractivity contribution >= 4 is 23.3 Å². The lowest BCUT2D eigenvalue weighted by atomic mass is 9.85. The molecule has 10 heteroatoms. The molecular weight excluding hydrogens is 410 g/mol. The lowest BCUT2D eigenvalue weighted by Gasteiger charge is -2.25. The number of hydrogen-bond donors (Lipinski definition) is 1. The molecule has 3 heterocycles. The molecule has 1 N–H and O–H groups in total. The number of rotatable bonds is 5. The molecular formula is C20H20ClN5O4. The predicted octanol–water partition coefficient (Wildman–Crippen LogP) is 3.12. The van der Waals surface area contributed by atoms with Crippen molar-refractivity contribution in [3.05, 3.63) is 46.2 Å². The van der Waals surface area contributed by atoms with Crippen LogP contribution in [0.15, 0.2) is 24.3 Å². The van der Waals surface area contributed by atoms with Gasteiger partial charge >= 0.3 is 0 Å². The fourth-order valence-electron chi connectivity index (χ4n) is 3.72. The number of methoxy groups -OCH3 is 3. The van der Waals surface area contributed by atoms with Crippen LogP contribution < -0.4 is 19.5 Å². The molecule has 0 radical (unpaired) electrons. The number of aromatic nitrogens is 4. The van der Waals surface area contributed by atoms with E-state index in [0.717, 1.165) is 16.8 Å². The maximum absolute atomic E-state index is 12.6. The van der Waals surface area contributed by atoms with Crippen molar-refractivity contribution in [1.29, 1.82) is 0 Å². The number of hydrogen-bond acceptors (Lipinski definition) is 7. The number of benzene rings is 1. The normalized spacial score (nSPS) is 15.4. The van der Waals surface area contributed by atoms with Gasteiger partial charge in [0.05, 0.1) is 27.0 Å². The Hall–Kier alpha value is -3.33. The maximum Gasteiger partial charge on any atom is 0.226 e. The predicted molar refractivity (Wildman–Crippen MR) is 110 cm³/mol. The number of nitrogens with one attached hydrogen (secondary N) is 1. The second kappa shape index (κ2) is 7.83. The van der Waals surface area contributed by atoms with Gasteiger partial charge in [-0.1, -0.05) is 11.6 Å². The van der Waals surface area contributed by atoms with Crippen LogP contribution in [0, 0.1) is 6.92 Å². The summed E-state index contributed by atoms with van der Waals surface area (Å²) in [5.41, 5.74) is 2.51. The first-order valence-corrected chi connectivity index (χ1v) is 9.53. The van der Waals surface area contributed by atoms with Crippen molar-refractivity contribution in [2.75, 3.05) is 26.6 Å². The highest BCUT2D eigenvalue weighted by atomic mass is 35.5. The number of carbonyl (C=O) groups excluding carboxylic acids is 1. The Labute approximate surface area is 177 Å². The van der Waals surface area contributed by atoms with E-state index >= 15 is 0 Å². The van der Waals surface area contributed by atoms with E-state index in [1.165, 1.54) is 0 Å². The third-order valence-electron chi connectivity index (χ3n) is 5.03. The highest BCUT2D eigenvalue weighted by Crippen LogP contribution is 2.45. The minimum absolute atomic E-state index is 0.135. The van der Waals surface area contributed by atoms with E-state index in [0.29, 0.717) is 28.9 Å². The van der Waals surface area contributed by atoms with Crippen LogP contribution in [-0.2, 0) is 4.79 Å². The van der Waals surface area contributed by atoms with Crippen molar-refractivity contribution < 1.29 is 19.0 Å². The van der Waals surface area contributed by atoms with Crippen molar-refractivity contribution in [2.24, 2.45) is 0 Å². The molecule has 1 amide bonds. The van der Waals surface area contributed by atoms with E-state index < -0.39 is 0 Å². The summed E-state index contributed by atoms with van der Waals surface area (Å²) in [6.07, 6.45) is 0.254. The second-order valence-electron chi connectivity index (χ2n) is 6.74. The molecule has 9 nitrogen and oxygen atoms in total. The van der Waals surface area contributed by atoms with Crippen LogP contribution in [0.3, 0.4) is 0 Å². The molecule has 0 aliphatic carbocycles. The largest absolute Gasteiger partial charge is 0.493 e. The highest BCUT2D eigenvalue weighted by Gasteiger charge is 2.34. The van der Waals surface area contributed by atoms with Crippen molar-refractivity contribution in [3.8, 4) is 23.1 Å². The van der Waals surface area contributed by atoms with E-state index in [1.807, 2.05) is 19.1 Å². The number of amides is 1. The molecule has 30 heavy (non-hydrogen) atoms. The quantitative estimate of drug-likeness (QED) is 0.664. The van der Waals surface area contributed by atoms with E-state index in [1.54, 1.807) is 38.1 Å². The third kappa shape index (κ3) is 3.30. The van der Waals surface area contributed by atoms with Gasteiger partial charge in [0.25, 0.3) is 0 Å². The summed E-state index contributed by atoms with van der Waals surface area (Å²) in [5.74, 6) is 2.16. The van der Waals surface area contributed by atoms with Gasteiger partial charge < -0.3 is 19.5 Å². The topological polar surface area (TPSA) is 100 Å². The van der Waals surface area contributed by atoms with Crippen LogP contribution >= 0.6 is 11.6 Å². The molecule has 4 rings (SSSR count). The SMILES string of the molecule is COc1cc(C2CC(=O)Nc3c2c(C)nn3-c2ccc(Cl)nn2)cc(OC)c1OC. The molecule has 156 valence electrons. The van der Waals surface area contributed by atoms with Crippen LogP contribution in [0.2, 0.25) is 5.15 Å². The average molecular weight is 430 g/mol. The molecule has 0 fully saturated rings. The maximum atomic E-state index is 12.6. The molecule has 0 bridgehead atoms. The Morgan fingerprint density at radius 1 is 1.10 bits per heavy atom. The van der Waals surface area contributed by atoms with Crippen LogP contribution in [0.1, 0.15) is 29.2 Å². The number of aryl methyl sites for hydroxylation is 1. The van der Waals surface area contributed by atoms with Gasteiger partial charge in [0.2, 0.25) is 11.7 Å². The molecule has 1 aliphatic rings. The zero-order valence-corrected chi connectivity index (χ0v) is 17.6. The number of anilines is 1. The van der Waals surface area contributed by atoms with E-state index in [-0.39, 0.29) is 23.4 Å². The van der Waals surface area contributed by atoms with E-state index in [4.69, 9.17) is 25.8 Å². The molecule has 0 saturated carbocycles. The summed E-state index contributed by atoms with van der Waals surface area (Å²) in [7, 11) is 4.67. The minimum atomic E-state index is -0.253. The molecule has 0 saturated heterocycles. The summed E-state index contributed by atoms with van der Waals surface area (Å²) < 4.78 is 17.9. The first-order chi connectivity index (χ1) is 14.5. The van der Waals surface area contributed by atoms with Crippen LogP contribution in [0.5, 0.6) is 17.2 Å². The summed E-state index contributed by atoms with van der Waals surface area (Å²) in [6, 6.07) is 7.02. The molecule has 1 atom stereocenters. The molecule has 1 aliphatic heterocycles. The summed E-state index contributed by atoms with van der Waals surface area (Å²) in [6.45, 7) is 1.89. The lowest BCUT2D eigenvalue weighted by molar-refractivity contribution is -0.116. The lowest BCUT2D eigenvalue weighted by Crippen LogP contribution is -2.25. The Balaban J connectivity index is 1.87. The Kier molecular flexibility index (Phi) is 5.21. The highest BCUT2D eigenvalue weighted by molar-refractivity contribution is 6.29.